The third-order valence-corrected chi connectivity index (χ3v) is 7.41. The van der Waals surface area contributed by atoms with E-state index in [2.05, 4.69) is 21.2 Å². The molecule has 1 unspecified atom stereocenters. The second kappa shape index (κ2) is 5.36. The van der Waals surface area contributed by atoms with Gasteiger partial charge < -0.3 is 5.32 Å². The average Bonchev–Trinajstić information content (AvgIpc) is 2.87. The van der Waals surface area contributed by atoms with Gasteiger partial charge in [-0.2, -0.15) is 4.31 Å². The second-order valence-electron chi connectivity index (χ2n) is 4.13. The molecule has 2 heterocycles. The highest BCUT2D eigenvalue weighted by atomic mass is 79.9. The minimum atomic E-state index is -3.30. The summed E-state index contributed by atoms with van der Waals surface area (Å²) in [6.07, 6.45) is 0.934. The number of nitrogens with zero attached hydrogens (tertiary/aromatic N) is 1. The minimum Gasteiger partial charge on any atom is -0.319 e. The first-order chi connectivity index (χ1) is 8.05. The molecule has 1 aliphatic rings. The highest BCUT2D eigenvalue weighted by Gasteiger charge is 2.33. The van der Waals surface area contributed by atoms with E-state index in [1.165, 1.54) is 11.3 Å². The van der Waals surface area contributed by atoms with Crippen molar-refractivity contribution in [1.82, 2.24) is 9.62 Å². The molecule has 7 heteroatoms. The molecule has 1 aromatic heterocycles. The first-order valence-corrected chi connectivity index (χ1v) is 8.54. The summed E-state index contributed by atoms with van der Waals surface area (Å²) >= 11 is 4.55. The van der Waals surface area contributed by atoms with Gasteiger partial charge in [-0.25, -0.2) is 8.42 Å². The average molecular weight is 339 g/mol. The molecule has 0 radical (unpaired) electrons. The van der Waals surface area contributed by atoms with Crippen LogP contribution in [0.1, 0.15) is 6.42 Å². The molecule has 17 heavy (non-hydrogen) atoms. The van der Waals surface area contributed by atoms with Crippen LogP contribution in [0.5, 0.6) is 0 Å². The molecule has 1 saturated heterocycles. The van der Waals surface area contributed by atoms with E-state index in [-0.39, 0.29) is 0 Å². The van der Waals surface area contributed by atoms with Crippen LogP contribution in [-0.4, -0.2) is 39.4 Å². The Morgan fingerprint density at radius 3 is 3.00 bits per heavy atom. The Bertz CT molecular complexity index is 486. The van der Waals surface area contributed by atoms with Gasteiger partial charge in [-0.15, -0.1) is 11.3 Å². The zero-order valence-electron chi connectivity index (χ0n) is 9.52. The fourth-order valence-electron chi connectivity index (χ4n) is 2.05. The molecule has 96 valence electrons. The lowest BCUT2D eigenvalue weighted by Crippen LogP contribution is -2.30. The van der Waals surface area contributed by atoms with E-state index in [4.69, 9.17) is 0 Å². The van der Waals surface area contributed by atoms with Crippen LogP contribution in [0.3, 0.4) is 0 Å². The number of sulfonamides is 1. The number of rotatable bonds is 4. The van der Waals surface area contributed by atoms with Gasteiger partial charge in [-0.05, 0) is 53.3 Å². The standard InChI is InChI=1S/C10H15BrN2O2S2/c1-12-6-8-2-4-13(7-8)17(14,15)10-9(11)3-5-16-10/h3,5,8,12H,2,4,6-7H2,1H3. The first-order valence-electron chi connectivity index (χ1n) is 5.43. The Morgan fingerprint density at radius 1 is 1.65 bits per heavy atom. The molecular weight excluding hydrogens is 324 g/mol. The van der Waals surface area contributed by atoms with Crippen molar-refractivity contribution in [1.29, 1.82) is 0 Å². The summed E-state index contributed by atoms with van der Waals surface area (Å²) in [5.74, 6) is 0.425. The van der Waals surface area contributed by atoms with Gasteiger partial charge in [0.25, 0.3) is 10.0 Å². The van der Waals surface area contributed by atoms with Crippen molar-refractivity contribution >= 4 is 37.3 Å². The molecule has 1 aliphatic heterocycles. The van der Waals surface area contributed by atoms with Gasteiger partial charge in [0.2, 0.25) is 0 Å². The topological polar surface area (TPSA) is 49.4 Å². The number of thiophene rings is 1. The van der Waals surface area contributed by atoms with Gasteiger partial charge >= 0.3 is 0 Å². The van der Waals surface area contributed by atoms with Crippen molar-refractivity contribution in [3.8, 4) is 0 Å². The van der Waals surface area contributed by atoms with E-state index < -0.39 is 10.0 Å². The highest BCUT2D eigenvalue weighted by molar-refractivity contribution is 9.10. The summed E-state index contributed by atoms with van der Waals surface area (Å²) in [5.41, 5.74) is 0. The summed E-state index contributed by atoms with van der Waals surface area (Å²) in [6, 6.07) is 1.78. The smallest absolute Gasteiger partial charge is 0.253 e. The van der Waals surface area contributed by atoms with Crippen LogP contribution in [0.25, 0.3) is 0 Å². The first kappa shape index (κ1) is 13.5. The molecule has 1 N–H and O–H groups in total. The van der Waals surface area contributed by atoms with Gasteiger partial charge in [0.05, 0.1) is 0 Å². The number of halogens is 1. The van der Waals surface area contributed by atoms with E-state index in [1.807, 2.05) is 7.05 Å². The van der Waals surface area contributed by atoms with Gasteiger partial charge in [0.1, 0.15) is 4.21 Å². The van der Waals surface area contributed by atoms with Gasteiger partial charge in [-0.1, -0.05) is 0 Å². The summed E-state index contributed by atoms with van der Waals surface area (Å²) < 4.78 is 27.4. The normalized spacial score (nSPS) is 22.1. The maximum absolute atomic E-state index is 12.4. The summed E-state index contributed by atoms with van der Waals surface area (Å²) in [4.78, 5) is 0. The Balaban J connectivity index is 2.16. The van der Waals surface area contributed by atoms with Gasteiger partial charge in [0.15, 0.2) is 0 Å². The van der Waals surface area contributed by atoms with E-state index in [0.717, 1.165) is 13.0 Å². The van der Waals surface area contributed by atoms with Crippen LogP contribution < -0.4 is 5.32 Å². The zero-order valence-corrected chi connectivity index (χ0v) is 12.7. The molecule has 1 atom stereocenters. The Morgan fingerprint density at radius 2 is 2.41 bits per heavy atom. The molecule has 4 nitrogen and oxygen atoms in total. The fourth-order valence-corrected chi connectivity index (χ4v) is 6.03. The van der Waals surface area contributed by atoms with Crippen LogP contribution in [0.4, 0.5) is 0 Å². The SMILES string of the molecule is CNCC1CCN(S(=O)(=O)c2sccc2Br)C1. The van der Waals surface area contributed by atoms with Crippen molar-refractivity contribution in [3.05, 3.63) is 15.9 Å². The van der Waals surface area contributed by atoms with Crippen molar-refractivity contribution < 1.29 is 8.42 Å². The number of nitrogens with one attached hydrogen (secondary N) is 1. The van der Waals surface area contributed by atoms with Crippen molar-refractivity contribution in [2.75, 3.05) is 26.7 Å². The van der Waals surface area contributed by atoms with Crippen LogP contribution in [0.2, 0.25) is 0 Å². The van der Waals surface area contributed by atoms with Crippen molar-refractivity contribution in [2.45, 2.75) is 10.6 Å². The molecule has 1 aromatic rings. The van der Waals surface area contributed by atoms with E-state index >= 15 is 0 Å². The van der Waals surface area contributed by atoms with E-state index in [0.29, 0.717) is 27.7 Å². The number of hydrogen-bond acceptors (Lipinski definition) is 4. The molecule has 2 rings (SSSR count). The summed E-state index contributed by atoms with van der Waals surface area (Å²) in [7, 11) is -1.40. The van der Waals surface area contributed by atoms with E-state index in [1.54, 1.807) is 15.8 Å². The van der Waals surface area contributed by atoms with Crippen LogP contribution in [-0.2, 0) is 10.0 Å². The number of hydrogen-bond donors (Lipinski definition) is 1. The monoisotopic (exact) mass is 338 g/mol. The lowest BCUT2D eigenvalue weighted by atomic mass is 10.1. The zero-order chi connectivity index (χ0) is 12.5. The predicted molar refractivity (Wildman–Crippen MR) is 72.8 cm³/mol. The largest absolute Gasteiger partial charge is 0.319 e. The van der Waals surface area contributed by atoms with Gasteiger partial charge in [0, 0.05) is 17.6 Å². The molecule has 0 aromatic carbocycles. The molecule has 0 spiro atoms. The second-order valence-corrected chi connectivity index (χ2v) is 8.04. The maximum atomic E-state index is 12.4. The Hall–Kier alpha value is 0.0500. The van der Waals surface area contributed by atoms with E-state index in [9.17, 15) is 8.42 Å². The highest BCUT2D eigenvalue weighted by Crippen LogP contribution is 2.32. The Kier molecular flexibility index (Phi) is 4.25. The molecular formula is C10H15BrN2O2S2. The quantitative estimate of drug-likeness (QED) is 0.909. The maximum Gasteiger partial charge on any atom is 0.253 e. The molecule has 0 amide bonds. The van der Waals surface area contributed by atoms with Crippen LogP contribution >= 0.6 is 27.3 Å². The summed E-state index contributed by atoms with van der Waals surface area (Å²) in [5, 5.41) is 4.89. The van der Waals surface area contributed by atoms with Crippen molar-refractivity contribution in [3.63, 3.8) is 0 Å². The lowest BCUT2D eigenvalue weighted by molar-refractivity contribution is 0.452. The minimum absolute atomic E-state index is 0.419. The molecule has 0 bridgehead atoms. The fraction of sp³-hybridized carbons (Fsp3) is 0.600. The molecule has 0 aliphatic carbocycles. The predicted octanol–water partition coefficient (Wildman–Crippen LogP) is 1.74. The molecule has 1 fully saturated rings. The van der Waals surface area contributed by atoms with Crippen LogP contribution in [0.15, 0.2) is 20.1 Å². The lowest BCUT2D eigenvalue weighted by Gasteiger charge is -2.15. The van der Waals surface area contributed by atoms with Crippen molar-refractivity contribution in [2.24, 2.45) is 5.92 Å². The van der Waals surface area contributed by atoms with Crippen LogP contribution in [0, 0.1) is 5.92 Å². The third kappa shape index (κ3) is 2.73. The molecule has 0 saturated carbocycles. The summed E-state index contributed by atoms with van der Waals surface area (Å²) in [6.45, 7) is 2.12. The van der Waals surface area contributed by atoms with Gasteiger partial charge in [-0.3, -0.25) is 0 Å². The Labute approximate surface area is 114 Å². The third-order valence-electron chi connectivity index (χ3n) is 2.90.